The fourth-order valence-corrected chi connectivity index (χ4v) is 1.35. The second-order valence-corrected chi connectivity index (χ2v) is 3.10. The Hall–Kier alpha value is -0.120. The van der Waals surface area contributed by atoms with Crippen molar-refractivity contribution in [1.29, 1.82) is 0 Å². The third-order valence-electron chi connectivity index (χ3n) is 2.23. The monoisotopic (exact) mass is 145 g/mol. The van der Waals surface area contributed by atoms with Crippen molar-refractivity contribution in [2.75, 3.05) is 26.3 Å². The molecule has 0 aromatic carbocycles. The number of hydrogen-bond acceptors (Lipinski definition) is 3. The molecular formula is C7H15NO2. The van der Waals surface area contributed by atoms with Crippen molar-refractivity contribution in [2.45, 2.75) is 12.8 Å². The summed E-state index contributed by atoms with van der Waals surface area (Å²) < 4.78 is 0. The summed E-state index contributed by atoms with van der Waals surface area (Å²) in [7, 11) is 0. The van der Waals surface area contributed by atoms with Crippen molar-refractivity contribution in [2.24, 2.45) is 5.41 Å². The molecule has 0 spiro atoms. The van der Waals surface area contributed by atoms with E-state index in [9.17, 15) is 0 Å². The fraction of sp³-hybridized carbons (Fsp3) is 1.00. The minimum absolute atomic E-state index is 0.0938. The van der Waals surface area contributed by atoms with E-state index in [1.54, 1.807) is 0 Å². The molecule has 0 radical (unpaired) electrons. The number of hydrogen-bond donors (Lipinski definition) is 3. The van der Waals surface area contributed by atoms with E-state index in [0.29, 0.717) is 0 Å². The first-order valence-electron chi connectivity index (χ1n) is 3.75. The van der Waals surface area contributed by atoms with Crippen molar-refractivity contribution in [3.8, 4) is 0 Å². The molecular weight excluding hydrogens is 130 g/mol. The lowest BCUT2D eigenvalue weighted by molar-refractivity contribution is 0.0341. The Morgan fingerprint density at radius 3 is 2.30 bits per heavy atom. The number of rotatable bonds is 2. The third kappa shape index (κ3) is 1.48. The Balaban J connectivity index is 2.44. The lowest BCUT2D eigenvalue weighted by atomic mass is 9.82. The Bertz CT molecular complexity index is 93.8. The first kappa shape index (κ1) is 7.98. The molecule has 1 rings (SSSR count). The van der Waals surface area contributed by atoms with Gasteiger partial charge in [-0.05, 0) is 19.4 Å². The highest BCUT2D eigenvalue weighted by molar-refractivity contribution is 4.83. The maximum absolute atomic E-state index is 8.94. The summed E-state index contributed by atoms with van der Waals surface area (Å²) >= 11 is 0. The van der Waals surface area contributed by atoms with Gasteiger partial charge in [-0.3, -0.25) is 0 Å². The summed E-state index contributed by atoms with van der Waals surface area (Å²) in [6.45, 7) is 1.95. The molecule has 0 unspecified atom stereocenters. The molecule has 1 aliphatic heterocycles. The lowest BCUT2D eigenvalue weighted by Gasteiger charge is -2.33. The predicted octanol–water partition coefficient (Wildman–Crippen LogP) is -0.659. The Kier molecular flexibility index (Phi) is 2.65. The molecule has 1 saturated heterocycles. The van der Waals surface area contributed by atoms with Gasteiger partial charge in [0.05, 0.1) is 13.2 Å². The van der Waals surface area contributed by atoms with Crippen molar-refractivity contribution >= 4 is 0 Å². The van der Waals surface area contributed by atoms with Gasteiger partial charge in [-0.15, -0.1) is 0 Å². The van der Waals surface area contributed by atoms with Crippen LogP contribution in [0.3, 0.4) is 0 Å². The highest BCUT2D eigenvalue weighted by Crippen LogP contribution is 2.24. The molecule has 0 atom stereocenters. The van der Waals surface area contributed by atoms with E-state index in [0.717, 1.165) is 25.9 Å². The van der Waals surface area contributed by atoms with E-state index in [-0.39, 0.29) is 18.6 Å². The van der Waals surface area contributed by atoms with Gasteiger partial charge in [0.1, 0.15) is 0 Å². The van der Waals surface area contributed by atoms with Gasteiger partial charge in [-0.2, -0.15) is 0 Å². The van der Waals surface area contributed by atoms with Crippen LogP contribution in [0.5, 0.6) is 0 Å². The Labute approximate surface area is 61.1 Å². The summed E-state index contributed by atoms with van der Waals surface area (Å²) in [6, 6.07) is 0. The molecule has 0 amide bonds. The van der Waals surface area contributed by atoms with Crippen LogP contribution in [-0.4, -0.2) is 36.5 Å². The second-order valence-electron chi connectivity index (χ2n) is 3.10. The van der Waals surface area contributed by atoms with Crippen molar-refractivity contribution in [3.05, 3.63) is 0 Å². The molecule has 0 saturated carbocycles. The van der Waals surface area contributed by atoms with Crippen molar-refractivity contribution in [1.82, 2.24) is 5.32 Å². The Morgan fingerprint density at radius 2 is 2.00 bits per heavy atom. The number of piperidine rings is 1. The van der Waals surface area contributed by atoms with Crippen LogP contribution in [0, 0.1) is 5.41 Å². The van der Waals surface area contributed by atoms with Gasteiger partial charge in [0.15, 0.2) is 0 Å². The van der Waals surface area contributed by atoms with Crippen LogP contribution in [0.15, 0.2) is 0 Å². The number of nitrogens with one attached hydrogen (secondary N) is 1. The van der Waals surface area contributed by atoms with E-state index in [1.807, 2.05) is 0 Å². The average molecular weight is 145 g/mol. The fourth-order valence-electron chi connectivity index (χ4n) is 1.35. The molecule has 0 aromatic heterocycles. The molecule has 1 fully saturated rings. The molecule has 3 nitrogen and oxygen atoms in total. The standard InChI is InChI=1S/C7H15NO2/c9-5-7(6-10)2-1-3-8-4-7/h8-10H,1-6H2. The highest BCUT2D eigenvalue weighted by Gasteiger charge is 2.30. The quantitative estimate of drug-likeness (QED) is 0.483. The summed E-state index contributed by atoms with van der Waals surface area (Å²) in [5.41, 5.74) is -0.238. The van der Waals surface area contributed by atoms with E-state index < -0.39 is 0 Å². The first-order chi connectivity index (χ1) is 4.83. The maximum atomic E-state index is 8.94. The van der Waals surface area contributed by atoms with Gasteiger partial charge in [0.25, 0.3) is 0 Å². The van der Waals surface area contributed by atoms with Crippen LogP contribution in [-0.2, 0) is 0 Å². The molecule has 3 N–H and O–H groups in total. The summed E-state index contributed by atoms with van der Waals surface area (Å²) in [5.74, 6) is 0. The lowest BCUT2D eigenvalue weighted by Crippen LogP contribution is -2.44. The van der Waals surface area contributed by atoms with Gasteiger partial charge in [0, 0.05) is 12.0 Å². The predicted molar refractivity (Wildman–Crippen MR) is 38.7 cm³/mol. The third-order valence-corrected chi connectivity index (χ3v) is 2.23. The molecule has 0 bridgehead atoms. The van der Waals surface area contributed by atoms with E-state index in [4.69, 9.17) is 10.2 Å². The van der Waals surface area contributed by atoms with Crippen LogP contribution in [0.1, 0.15) is 12.8 Å². The minimum Gasteiger partial charge on any atom is -0.396 e. The zero-order valence-electron chi connectivity index (χ0n) is 6.14. The number of aliphatic hydroxyl groups is 2. The molecule has 0 aromatic rings. The van der Waals surface area contributed by atoms with Crippen LogP contribution < -0.4 is 5.32 Å². The molecule has 0 aliphatic carbocycles. The van der Waals surface area contributed by atoms with Gasteiger partial charge >= 0.3 is 0 Å². The molecule has 60 valence electrons. The Morgan fingerprint density at radius 1 is 1.30 bits per heavy atom. The van der Waals surface area contributed by atoms with Crippen LogP contribution in [0.2, 0.25) is 0 Å². The van der Waals surface area contributed by atoms with E-state index in [2.05, 4.69) is 5.32 Å². The van der Waals surface area contributed by atoms with Crippen molar-refractivity contribution in [3.63, 3.8) is 0 Å². The zero-order valence-corrected chi connectivity index (χ0v) is 6.14. The highest BCUT2D eigenvalue weighted by atomic mass is 16.3. The first-order valence-corrected chi connectivity index (χ1v) is 3.75. The smallest absolute Gasteiger partial charge is 0.0521 e. The summed E-state index contributed by atoms with van der Waals surface area (Å²) in [6.07, 6.45) is 1.99. The molecule has 3 heteroatoms. The second kappa shape index (κ2) is 3.32. The summed E-state index contributed by atoms with van der Waals surface area (Å²) in [4.78, 5) is 0. The van der Waals surface area contributed by atoms with E-state index in [1.165, 1.54) is 0 Å². The number of aliphatic hydroxyl groups excluding tert-OH is 2. The molecule has 1 heterocycles. The van der Waals surface area contributed by atoms with E-state index >= 15 is 0 Å². The van der Waals surface area contributed by atoms with Crippen molar-refractivity contribution < 1.29 is 10.2 Å². The van der Waals surface area contributed by atoms with Gasteiger partial charge < -0.3 is 15.5 Å². The molecule has 1 aliphatic rings. The van der Waals surface area contributed by atoms with Gasteiger partial charge in [-0.1, -0.05) is 0 Å². The SMILES string of the molecule is OCC1(CO)CCCNC1. The minimum atomic E-state index is -0.238. The normalized spacial score (nSPS) is 24.6. The van der Waals surface area contributed by atoms with Crippen LogP contribution >= 0.6 is 0 Å². The average Bonchev–Trinajstić information content (AvgIpc) is 2.06. The summed E-state index contributed by atoms with van der Waals surface area (Å²) in [5, 5.41) is 21.0. The van der Waals surface area contributed by atoms with Gasteiger partial charge in [-0.25, -0.2) is 0 Å². The van der Waals surface area contributed by atoms with Gasteiger partial charge in [0.2, 0.25) is 0 Å². The van der Waals surface area contributed by atoms with Crippen LogP contribution in [0.4, 0.5) is 0 Å². The molecule has 10 heavy (non-hydrogen) atoms. The maximum Gasteiger partial charge on any atom is 0.0521 e. The zero-order chi connectivity index (χ0) is 7.45. The van der Waals surface area contributed by atoms with Crippen LogP contribution in [0.25, 0.3) is 0 Å². The largest absolute Gasteiger partial charge is 0.396 e. The topological polar surface area (TPSA) is 52.5 Å².